The average Bonchev–Trinajstić information content (AvgIpc) is 2.17. The second-order valence-corrected chi connectivity index (χ2v) is 7.81. The zero-order chi connectivity index (χ0) is 13.2. The van der Waals surface area contributed by atoms with Crippen molar-refractivity contribution in [3.63, 3.8) is 0 Å². The summed E-state index contributed by atoms with van der Waals surface area (Å²) in [4.78, 5) is 0. The van der Waals surface area contributed by atoms with Crippen molar-refractivity contribution in [2.75, 3.05) is 5.75 Å². The van der Waals surface area contributed by atoms with Gasteiger partial charge in [0.15, 0.2) is 0 Å². The summed E-state index contributed by atoms with van der Waals surface area (Å²) < 4.78 is 32.3. The standard InChI is InChI=1S/C10H17NO3S3/c1-6-3-8(5-16-10(11)15)9(4-7(6)2)17(12,13)14/h8-9H,3-5H2,1-2H3,(H2,11,15)(H,12,13,14). The predicted molar refractivity (Wildman–Crippen MR) is 75.7 cm³/mol. The van der Waals surface area contributed by atoms with E-state index in [4.69, 9.17) is 18.0 Å². The molecule has 4 nitrogen and oxygen atoms in total. The van der Waals surface area contributed by atoms with Crippen LogP contribution in [0, 0.1) is 5.92 Å². The van der Waals surface area contributed by atoms with Gasteiger partial charge in [-0.15, -0.1) is 0 Å². The Balaban J connectivity index is 2.88. The van der Waals surface area contributed by atoms with Crippen LogP contribution in [0.2, 0.25) is 0 Å². The molecule has 0 fully saturated rings. The summed E-state index contributed by atoms with van der Waals surface area (Å²) in [6.07, 6.45) is 1.07. The predicted octanol–water partition coefficient (Wildman–Crippen LogP) is 1.97. The van der Waals surface area contributed by atoms with Crippen molar-refractivity contribution in [3.8, 4) is 0 Å². The average molecular weight is 295 g/mol. The van der Waals surface area contributed by atoms with Crippen molar-refractivity contribution >= 4 is 38.4 Å². The molecule has 0 amide bonds. The number of nitrogens with two attached hydrogens (primary N) is 1. The molecule has 2 atom stereocenters. The molecule has 0 heterocycles. The highest BCUT2D eigenvalue weighted by molar-refractivity contribution is 8.22. The lowest BCUT2D eigenvalue weighted by molar-refractivity contribution is 0.419. The molecule has 0 aromatic heterocycles. The topological polar surface area (TPSA) is 80.4 Å². The number of hydrogen-bond acceptors (Lipinski definition) is 4. The van der Waals surface area contributed by atoms with Gasteiger partial charge in [0.2, 0.25) is 0 Å². The largest absolute Gasteiger partial charge is 0.385 e. The lowest BCUT2D eigenvalue weighted by Gasteiger charge is -2.30. The van der Waals surface area contributed by atoms with Gasteiger partial charge in [-0.25, -0.2) is 0 Å². The Morgan fingerprint density at radius 2 is 2.00 bits per heavy atom. The maximum Gasteiger partial charge on any atom is 0.268 e. The van der Waals surface area contributed by atoms with E-state index in [-0.39, 0.29) is 5.92 Å². The first kappa shape index (κ1) is 14.9. The van der Waals surface area contributed by atoms with Crippen LogP contribution >= 0.6 is 24.0 Å². The van der Waals surface area contributed by atoms with E-state index in [0.717, 1.165) is 5.57 Å². The van der Waals surface area contributed by atoms with E-state index >= 15 is 0 Å². The monoisotopic (exact) mass is 295 g/mol. The van der Waals surface area contributed by atoms with Crippen LogP contribution in [0.4, 0.5) is 0 Å². The molecular weight excluding hydrogens is 278 g/mol. The number of thioether (sulfide) groups is 1. The molecule has 0 bridgehead atoms. The summed E-state index contributed by atoms with van der Waals surface area (Å²) in [5, 5.41) is -0.729. The van der Waals surface area contributed by atoms with Gasteiger partial charge in [-0.2, -0.15) is 8.42 Å². The van der Waals surface area contributed by atoms with Crippen LogP contribution in [0.25, 0.3) is 0 Å². The molecule has 1 aliphatic carbocycles. The SMILES string of the molecule is CC1=C(C)CC(S(=O)(=O)O)C(CSC(N)=S)C1. The zero-order valence-corrected chi connectivity index (χ0v) is 12.3. The fourth-order valence-corrected chi connectivity index (χ4v) is 4.24. The third kappa shape index (κ3) is 4.24. The number of allylic oxidation sites excluding steroid dienone is 2. The van der Waals surface area contributed by atoms with Crippen LogP contribution < -0.4 is 5.73 Å². The normalized spacial score (nSPS) is 26.1. The molecule has 0 saturated carbocycles. The van der Waals surface area contributed by atoms with Gasteiger partial charge in [0.1, 0.15) is 4.32 Å². The summed E-state index contributed by atoms with van der Waals surface area (Å²) in [5.41, 5.74) is 7.64. The van der Waals surface area contributed by atoms with Gasteiger partial charge in [-0.3, -0.25) is 4.55 Å². The molecule has 0 saturated heterocycles. The van der Waals surface area contributed by atoms with Gasteiger partial charge >= 0.3 is 0 Å². The van der Waals surface area contributed by atoms with Crippen LogP contribution in [-0.2, 0) is 10.1 Å². The summed E-state index contributed by atoms with van der Waals surface area (Å²) in [6, 6.07) is 0. The summed E-state index contributed by atoms with van der Waals surface area (Å²) in [5.74, 6) is 0.407. The van der Waals surface area contributed by atoms with Crippen LogP contribution in [0.5, 0.6) is 0 Å². The van der Waals surface area contributed by atoms with E-state index in [1.807, 2.05) is 13.8 Å². The molecule has 2 unspecified atom stereocenters. The highest BCUT2D eigenvalue weighted by Gasteiger charge is 2.35. The summed E-state index contributed by atoms with van der Waals surface area (Å²) in [7, 11) is -4.01. The maximum atomic E-state index is 11.4. The van der Waals surface area contributed by atoms with E-state index in [9.17, 15) is 13.0 Å². The minimum atomic E-state index is -4.01. The lowest BCUT2D eigenvalue weighted by atomic mass is 9.86. The van der Waals surface area contributed by atoms with Gasteiger partial charge in [0, 0.05) is 5.75 Å². The molecule has 0 spiro atoms. The van der Waals surface area contributed by atoms with Crippen LogP contribution in [0.1, 0.15) is 26.7 Å². The Bertz CT molecular complexity index is 442. The molecule has 0 aromatic rings. The molecule has 1 aliphatic rings. The number of thiocarbonyl (C=S) groups is 1. The van der Waals surface area contributed by atoms with Crippen molar-refractivity contribution in [3.05, 3.63) is 11.1 Å². The smallest absolute Gasteiger partial charge is 0.268 e. The molecule has 0 aromatic carbocycles. The number of hydrogen-bond donors (Lipinski definition) is 2. The molecule has 0 radical (unpaired) electrons. The molecule has 3 N–H and O–H groups in total. The van der Waals surface area contributed by atoms with E-state index in [2.05, 4.69) is 0 Å². The summed E-state index contributed by atoms with van der Waals surface area (Å²) in [6.45, 7) is 3.90. The third-order valence-corrected chi connectivity index (χ3v) is 5.70. The Kier molecular flexibility index (Phi) is 5.00. The van der Waals surface area contributed by atoms with Crippen molar-refractivity contribution < 1.29 is 13.0 Å². The quantitative estimate of drug-likeness (QED) is 0.471. The van der Waals surface area contributed by atoms with Gasteiger partial charge < -0.3 is 5.73 Å². The molecule has 17 heavy (non-hydrogen) atoms. The molecule has 7 heteroatoms. The van der Waals surface area contributed by atoms with Crippen molar-refractivity contribution in [2.24, 2.45) is 11.7 Å². The van der Waals surface area contributed by atoms with Gasteiger partial charge in [0.05, 0.1) is 5.25 Å². The Morgan fingerprint density at radius 3 is 2.47 bits per heavy atom. The van der Waals surface area contributed by atoms with Crippen molar-refractivity contribution in [2.45, 2.75) is 31.9 Å². The fraction of sp³-hybridized carbons (Fsp3) is 0.700. The molecule has 98 valence electrons. The summed E-state index contributed by atoms with van der Waals surface area (Å²) >= 11 is 6.04. The van der Waals surface area contributed by atoms with Crippen molar-refractivity contribution in [1.29, 1.82) is 0 Å². The van der Waals surface area contributed by atoms with Crippen LogP contribution in [-0.4, -0.2) is 28.3 Å². The highest BCUT2D eigenvalue weighted by Crippen LogP contribution is 2.35. The minimum Gasteiger partial charge on any atom is -0.385 e. The second kappa shape index (κ2) is 5.69. The van der Waals surface area contributed by atoms with Crippen LogP contribution in [0.3, 0.4) is 0 Å². The Morgan fingerprint density at radius 1 is 1.47 bits per heavy atom. The third-order valence-electron chi connectivity index (χ3n) is 3.15. The fourth-order valence-electron chi connectivity index (χ4n) is 2.05. The zero-order valence-electron chi connectivity index (χ0n) is 9.84. The maximum absolute atomic E-state index is 11.4. The molecule has 1 rings (SSSR count). The first-order chi connectivity index (χ1) is 7.71. The van der Waals surface area contributed by atoms with Crippen molar-refractivity contribution in [1.82, 2.24) is 0 Å². The van der Waals surface area contributed by atoms with Gasteiger partial charge in [-0.1, -0.05) is 35.1 Å². The van der Waals surface area contributed by atoms with Crippen LogP contribution in [0.15, 0.2) is 11.1 Å². The molecular formula is C10H17NO3S3. The Labute approximate surface area is 112 Å². The highest BCUT2D eigenvalue weighted by atomic mass is 32.2. The minimum absolute atomic E-state index is 0.125. The lowest BCUT2D eigenvalue weighted by Crippen LogP contribution is -2.35. The van der Waals surface area contributed by atoms with E-state index in [0.29, 0.717) is 22.9 Å². The Hall–Kier alpha value is -0.110. The molecule has 0 aliphatic heterocycles. The van der Waals surface area contributed by atoms with Gasteiger partial charge in [0.25, 0.3) is 10.1 Å². The number of rotatable bonds is 3. The van der Waals surface area contributed by atoms with Gasteiger partial charge in [-0.05, 0) is 32.6 Å². The first-order valence-electron chi connectivity index (χ1n) is 5.25. The van der Waals surface area contributed by atoms with E-state index in [1.54, 1.807) is 0 Å². The van der Waals surface area contributed by atoms with E-state index in [1.165, 1.54) is 17.3 Å². The van der Waals surface area contributed by atoms with E-state index < -0.39 is 15.4 Å². The second-order valence-electron chi connectivity index (χ2n) is 4.41. The first-order valence-corrected chi connectivity index (χ1v) is 8.15.